The topological polar surface area (TPSA) is 92.7 Å². The van der Waals surface area contributed by atoms with Crippen LogP contribution in [0, 0.1) is 0 Å². The third-order valence-corrected chi connectivity index (χ3v) is 6.23. The molecule has 6 nitrogen and oxygen atoms in total. The van der Waals surface area contributed by atoms with E-state index in [0.717, 1.165) is 11.3 Å². The van der Waals surface area contributed by atoms with Crippen LogP contribution in [-0.4, -0.2) is 38.2 Å². The maximum atomic E-state index is 12.1. The number of halogens is 1. The van der Waals surface area contributed by atoms with Crippen molar-refractivity contribution >= 4 is 43.3 Å². The van der Waals surface area contributed by atoms with Crippen LogP contribution in [0.3, 0.4) is 0 Å². The van der Waals surface area contributed by atoms with Crippen LogP contribution in [0.4, 0.5) is 0 Å². The zero-order valence-electron chi connectivity index (χ0n) is 9.05. The van der Waals surface area contributed by atoms with Gasteiger partial charge in [-0.1, -0.05) is 0 Å². The molecule has 1 aliphatic rings. The second-order valence-electron chi connectivity index (χ2n) is 3.85. The molecule has 0 spiro atoms. The average Bonchev–Trinajstić information content (AvgIpc) is 2.87. The van der Waals surface area contributed by atoms with Gasteiger partial charge >= 0.3 is 5.97 Å². The predicted molar refractivity (Wildman–Crippen MR) is 68.1 cm³/mol. The van der Waals surface area contributed by atoms with Gasteiger partial charge in [-0.05, 0) is 28.1 Å². The van der Waals surface area contributed by atoms with E-state index in [1.165, 1.54) is 6.07 Å². The Morgan fingerprint density at radius 3 is 2.72 bits per heavy atom. The van der Waals surface area contributed by atoms with Gasteiger partial charge in [-0.25, -0.2) is 8.42 Å². The molecule has 1 aromatic rings. The maximum absolute atomic E-state index is 12.1. The van der Waals surface area contributed by atoms with Crippen LogP contribution >= 0.6 is 27.3 Å². The number of sulfonamides is 1. The molecule has 0 aromatic carbocycles. The van der Waals surface area contributed by atoms with Crippen molar-refractivity contribution in [3.05, 3.63) is 15.9 Å². The number of carboxylic acids is 1. The Bertz CT molecular complexity index is 561. The van der Waals surface area contributed by atoms with Crippen molar-refractivity contribution in [1.29, 1.82) is 0 Å². The summed E-state index contributed by atoms with van der Waals surface area (Å²) >= 11 is 4.19. The summed E-state index contributed by atoms with van der Waals surface area (Å²) in [6.45, 7) is 0.0665. The summed E-state index contributed by atoms with van der Waals surface area (Å²) in [6.07, 6.45) is 0.119. The largest absolute Gasteiger partial charge is 0.480 e. The van der Waals surface area contributed by atoms with E-state index in [0.29, 0.717) is 3.79 Å². The quantitative estimate of drug-likeness (QED) is 0.841. The van der Waals surface area contributed by atoms with Crippen LogP contribution in [0.15, 0.2) is 20.1 Å². The summed E-state index contributed by atoms with van der Waals surface area (Å²) in [4.78, 5) is 11.2. The fourth-order valence-electron chi connectivity index (χ4n) is 1.61. The Kier molecular flexibility index (Phi) is 3.79. The molecule has 1 unspecified atom stereocenters. The van der Waals surface area contributed by atoms with Crippen LogP contribution < -0.4 is 4.72 Å². The predicted octanol–water partition coefficient (Wildman–Crippen LogP) is 1.03. The number of nitrogens with one attached hydrogen (secondary N) is 1. The van der Waals surface area contributed by atoms with Crippen LogP contribution in [0.2, 0.25) is 0 Å². The van der Waals surface area contributed by atoms with Crippen molar-refractivity contribution in [3.63, 3.8) is 0 Å². The molecular weight excluding hydrogens is 346 g/mol. The zero-order valence-corrected chi connectivity index (χ0v) is 12.3. The molecule has 0 saturated carbocycles. The van der Waals surface area contributed by atoms with Crippen molar-refractivity contribution in [2.45, 2.75) is 16.2 Å². The summed E-state index contributed by atoms with van der Waals surface area (Å²) in [7, 11) is -3.85. The molecule has 0 aliphatic carbocycles. The third kappa shape index (κ3) is 2.59. The number of hydrogen-bond donors (Lipinski definition) is 2. The first-order chi connectivity index (χ1) is 8.36. The number of aliphatic carboxylic acids is 1. The SMILES string of the molecule is O=C(O)C1(NS(=O)(=O)c2ccc(Br)s2)CCOC1. The molecule has 1 aromatic heterocycles. The standard InChI is InChI=1S/C9H10BrNO5S2/c10-6-1-2-7(17-6)18(14,15)11-9(8(12)13)3-4-16-5-9/h1-2,11H,3-5H2,(H,12,13). The van der Waals surface area contributed by atoms with Gasteiger partial charge in [0.1, 0.15) is 4.21 Å². The number of hydrogen-bond acceptors (Lipinski definition) is 5. The highest BCUT2D eigenvalue weighted by molar-refractivity contribution is 9.11. The molecule has 1 aliphatic heterocycles. The van der Waals surface area contributed by atoms with E-state index in [-0.39, 0.29) is 23.8 Å². The van der Waals surface area contributed by atoms with Gasteiger partial charge in [-0.15, -0.1) is 11.3 Å². The van der Waals surface area contributed by atoms with E-state index in [1.54, 1.807) is 6.07 Å². The van der Waals surface area contributed by atoms with Gasteiger partial charge in [0.15, 0.2) is 5.54 Å². The normalized spacial score (nSPS) is 24.3. The minimum Gasteiger partial charge on any atom is -0.480 e. The molecule has 2 heterocycles. The molecule has 0 radical (unpaired) electrons. The van der Waals surface area contributed by atoms with Crippen LogP contribution in [0.25, 0.3) is 0 Å². The van der Waals surface area contributed by atoms with Crippen LogP contribution in [0.1, 0.15) is 6.42 Å². The van der Waals surface area contributed by atoms with E-state index in [9.17, 15) is 13.2 Å². The Morgan fingerprint density at radius 2 is 2.28 bits per heavy atom. The molecule has 2 rings (SSSR count). The summed E-state index contributed by atoms with van der Waals surface area (Å²) in [5, 5.41) is 9.17. The lowest BCUT2D eigenvalue weighted by atomic mass is 10.0. The fraction of sp³-hybridized carbons (Fsp3) is 0.444. The van der Waals surface area contributed by atoms with Crippen molar-refractivity contribution in [1.82, 2.24) is 4.72 Å². The van der Waals surface area contributed by atoms with E-state index in [4.69, 9.17) is 9.84 Å². The second-order valence-corrected chi connectivity index (χ2v) is 8.23. The van der Waals surface area contributed by atoms with E-state index in [2.05, 4.69) is 20.7 Å². The zero-order chi connectivity index (χ0) is 13.4. The molecule has 9 heteroatoms. The van der Waals surface area contributed by atoms with Crippen molar-refractivity contribution in [2.75, 3.05) is 13.2 Å². The Balaban J connectivity index is 2.29. The summed E-state index contributed by atoms with van der Waals surface area (Å²) < 4.78 is 32.1. The first-order valence-electron chi connectivity index (χ1n) is 4.96. The van der Waals surface area contributed by atoms with Gasteiger partial charge in [0.2, 0.25) is 0 Å². The molecule has 0 bridgehead atoms. The van der Waals surface area contributed by atoms with Gasteiger partial charge in [0, 0.05) is 13.0 Å². The van der Waals surface area contributed by atoms with Gasteiger partial charge in [0.05, 0.1) is 10.4 Å². The van der Waals surface area contributed by atoms with E-state index in [1.807, 2.05) is 0 Å². The Hall–Kier alpha value is -0.480. The molecule has 18 heavy (non-hydrogen) atoms. The number of carbonyl (C=O) groups is 1. The molecule has 2 N–H and O–H groups in total. The lowest BCUT2D eigenvalue weighted by Crippen LogP contribution is -2.54. The van der Waals surface area contributed by atoms with Gasteiger partial charge < -0.3 is 9.84 Å². The number of ether oxygens (including phenoxy) is 1. The first kappa shape index (κ1) is 13.9. The fourth-order valence-corrected chi connectivity index (χ4v) is 4.99. The molecule has 1 fully saturated rings. The summed E-state index contributed by atoms with van der Waals surface area (Å²) in [6, 6.07) is 3.01. The monoisotopic (exact) mass is 355 g/mol. The average molecular weight is 356 g/mol. The third-order valence-electron chi connectivity index (χ3n) is 2.57. The van der Waals surface area contributed by atoms with Crippen molar-refractivity contribution < 1.29 is 23.1 Å². The molecular formula is C9H10BrNO5S2. The summed E-state index contributed by atoms with van der Waals surface area (Å²) in [5.41, 5.74) is -1.56. The first-order valence-corrected chi connectivity index (χ1v) is 8.05. The Morgan fingerprint density at radius 1 is 1.56 bits per heavy atom. The molecule has 100 valence electrons. The lowest BCUT2D eigenvalue weighted by molar-refractivity contribution is -0.144. The highest BCUT2D eigenvalue weighted by Gasteiger charge is 2.46. The minimum absolute atomic E-state index is 0.0712. The highest BCUT2D eigenvalue weighted by Crippen LogP contribution is 2.28. The lowest BCUT2D eigenvalue weighted by Gasteiger charge is -2.22. The van der Waals surface area contributed by atoms with Crippen LogP contribution in [-0.2, 0) is 19.6 Å². The number of carboxylic acid groups (broad SMARTS) is 1. The van der Waals surface area contributed by atoms with Gasteiger partial charge in [-0.3, -0.25) is 4.79 Å². The summed E-state index contributed by atoms with van der Waals surface area (Å²) in [5.74, 6) is -1.22. The van der Waals surface area contributed by atoms with Crippen molar-refractivity contribution in [2.24, 2.45) is 0 Å². The molecule has 0 amide bonds. The van der Waals surface area contributed by atoms with Gasteiger partial charge in [-0.2, -0.15) is 4.72 Å². The molecule has 1 atom stereocenters. The van der Waals surface area contributed by atoms with Crippen molar-refractivity contribution in [3.8, 4) is 0 Å². The minimum atomic E-state index is -3.85. The highest BCUT2D eigenvalue weighted by atomic mass is 79.9. The number of rotatable bonds is 4. The van der Waals surface area contributed by atoms with Gasteiger partial charge in [0.25, 0.3) is 10.0 Å². The second kappa shape index (κ2) is 4.89. The Labute approximate surface area is 116 Å². The smallest absolute Gasteiger partial charge is 0.327 e. The van der Waals surface area contributed by atoms with E-state index >= 15 is 0 Å². The van der Waals surface area contributed by atoms with Crippen LogP contribution in [0.5, 0.6) is 0 Å². The number of thiophene rings is 1. The maximum Gasteiger partial charge on any atom is 0.327 e. The van der Waals surface area contributed by atoms with E-state index < -0.39 is 21.5 Å². The molecule has 1 saturated heterocycles.